The molecule has 0 spiro atoms. The van der Waals surface area contributed by atoms with Gasteiger partial charge in [0.05, 0.1) is 16.5 Å². The number of hydrogen-bond donors (Lipinski definition) is 1. The van der Waals surface area contributed by atoms with Gasteiger partial charge in [-0.1, -0.05) is 12.1 Å². The molecule has 0 atom stereocenters. The molecule has 4 nitrogen and oxygen atoms in total. The van der Waals surface area contributed by atoms with Crippen LogP contribution in [0.1, 0.15) is 11.1 Å². The molecule has 0 bridgehead atoms. The Morgan fingerprint density at radius 3 is 2.52 bits per heavy atom. The topological polar surface area (TPSA) is 70.0 Å². The van der Waals surface area contributed by atoms with Gasteiger partial charge in [-0.05, 0) is 35.9 Å². The monoisotopic (exact) mass is 308 g/mol. The molecule has 7 heteroatoms. The summed E-state index contributed by atoms with van der Waals surface area (Å²) in [7, 11) is -3.83. The highest BCUT2D eigenvalue weighted by molar-refractivity contribution is 7.89. The van der Waals surface area contributed by atoms with Crippen LogP contribution in [0.5, 0.6) is 0 Å². The van der Waals surface area contributed by atoms with Gasteiger partial charge in [-0.3, -0.25) is 0 Å². The average molecular weight is 308 g/mol. The number of nitrogens with zero attached hydrogens (tertiary/aromatic N) is 1. The lowest BCUT2D eigenvalue weighted by molar-refractivity contribution is 0.506. The van der Waals surface area contributed by atoms with Crippen LogP contribution in [0, 0.1) is 23.0 Å². The number of sulfonamides is 1. The van der Waals surface area contributed by atoms with Crippen molar-refractivity contribution in [1.82, 2.24) is 4.72 Å². The highest BCUT2D eigenvalue weighted by Crippen LogP contribution is 2.13. The molecule has 0 unspecified atom stereocenters. The number of nitriles is 1. The molecule has 0 amide bonds. The van der Waals surface area contributed by atoms with Crippen LogP contribution in [0.3, 0.4) is 0 Å². The summed E-state index contributed by atoms with van der Waals surface area (Å²) in [5, 5.41) is 8.75. The predicted octanol–water partition coefficient (Wildman–Crippen LogP) is 2.31. The maximum absolute atomic E-state index is 13.0. The highest BCUT2D eigenvalue weighted by Gasteiger charge is 2.14. The summed E-state index contributed by atoms with van der Waals surface area (Å²) >= 11 is 0. The molecule has 0 radical (unpaired) electrons. The van der Waals surface area contributed by atoms with E-state index in [-0.39, 0.29) is 22.6 Å². The predicted molar refractivity (Wildman–Crippen MR) is 71.5 cm³/mol. The van der Waals surface area contributed by atoms with E-state index in [2.05, 4.69) is 4.72 Å². The first-order valence-corrected chi connectivity index (χ1v) is 7.34. The van der Waals surface area contributed by atoms with E-state index in [0.717, 1.165) is 12.1 Å². The second-order valence-corrected chi connectivity index (χ2v) is 5.98. The Balaban J connectivity index is 2.17. The minimum absolute atomic E-state index is 0.0656. The van der Waals surface area contributed by atoms with Gasteiger partial charge < -0.3 is 0 Å². The second-order valence-electron chi connectivity index (χ2n) is 4.21. The Morgan fingerprint density at radius 1 is 1.10 bits per heavy atom. The summed E-state index contributed by atoms with van der Waals surface area (Å²) in [5.41, 5.74) is 0.500. The zero-order valence-corrected chi connectivity index (χ0v) is 11.5. The smallest absolute Gasteiger partial charge is 0.207 e. The van der Waals surface area contributed by atoms with Gasteiger partial charge in [-0.25, -0.2) is 21.9 Å². The van der Waals surface area contributed by atoms with Crippen LogP contribution in [-0.2, 0) is 16.6 Å². The molecule has 0 aliphatic heterocycles. The molecule has 0 aliphatic carbocycles. The lowest BCUT2D eigenvalue weighted by Gasteiger charge is -2.07. The molecule has 0 heterocycles. The lowest BCUT2D eigenvalue weighted by Crippen LogP contribution is -2.23. The van der Waals surface area contributed by atoms with Crippen molar-refractivity contribution in [1.29, 1.82) is 5.26 Å². The van der Waals surface area contributed by atoms with E-state index in [1.54, 1.807) is 0 Å². The van der Waals surface area contributed by atoms with Gasteiger partial charge in [-0.2, -0.15) is 5.26 Å². The van der Waals surface area contributed by atoms with Crippen LogP contribution in [0.2, 0.25) is 0 Å². The normalized spacial score (nSPS) is 11.1. The molecular formula is C14H10F2N2O2S. The van der Waals surface area contributed by atoms with Crippen LogP contribution < -0.4 is 4.72 Å². The minimum Gasteiger partial charge on any atom is -0.207 e. The number of hydrogen-bond acceptors (Lipinski definition) is 3. The van der Waals surface area contributed by atoms with Crippen molar-refractivity contribution in [3.8, 4) is 6.07 Å². The third-order valence-corrected chi connectivity index (χ3v) is 4.12. The fourth-order valence-electron chi connectivity index (χ4n) is 1.64. The molecule has 2 aromatic carbocycles. The van der Waals surface area contributed by atoms with Crippen molar-refractivity contribution in [3.63, 3.8) is 0 Å². The van der Waals surface area contributed by atoms with Crippen molar-refractivity contribution >= 4 is 10.0 Å². The van der Waals surface area contributed by atoms with Crippen LogP contribution in [0.4, 0.5) is 8.78 Å². The highest BCUT2D eigenvalue weighted by atomic mass is 32.2. The first-order chi connectivity index (χ1) is 9.92. The Kier molecular flexibility index (Phi) is 4.31. The molecular weight excluding hydrogens is 298 g/mol. The molecule has 21 heavy (non-hydrogen) atoms. The van der Waals surface area contributed by atoms with Gasteiger partial charge in [0.15, 0.2) is 11.6 Å². The maximum atomic E-state index is 13.0. The van der Waals surface area contributed by atoms with E-state index in [1.165, 1.54) is 30.3 Å². The van der Waals surface area contributed by atoms with Crippen LogP contribution >= 0.6 is 0 Å². The Morgan fingerprint density at radius 2 is 1.86 bits per heavy atom. The largest absolute Gasteiger partial charge is 0.240 e. The fraction of sp³-hybridized carbons (Fsp3) is 0.0714. The summed E-state index contributed by atoms with van der Waals surface area (Å²) in [6, 6.07) is 10.5. The van der Waals surface area contributed by atoms with E-state index in [4.69, 9.17) is 5.26 Å². The molecule has 0 aliphatic rings. The first-order valence-electron chi connectivity index (χ1n) is 5.86. The van der Waals surface area contributed by atoms with Crippen molar-refractivity contribution < 1.29 is 17.2 Å². The van der Waals surface area contributed by atoms with Gasteiger partial charge in [-0.15, -0.1) is 0 Å². The van der Waals surface area contributed by atoms with Crippen molar-refractivity contribution in [3.05, 3.63) is 65.2 Å². The SMILES string of the molecule is N#Cc1cccc(S(=O)(=O)NCc2ccc(F)c(F)c2)c1. The summed E-state index contributed by atoms with van der Waals surface area (Å²) in [4.78, 5) is -0.0656. The first kappa shape index (κ1) is 15.1. The zero-order valence-electron chi connectivity index (χ0n) is 10.7. The standard InChI is InChI=1S/C14H10F2N2O2S/c15-13-5-4-11(7-14(13)16)9-18-21(19,20)12-3-1-2-10(6-12)8-17/h1-7,18H,9H2. The molecule has 108 valence electrons. The van der Waals surface area contributed by atoms with Gasteiger partial charge in [0.25, 0.3) is 0 Å². The summed E-state index contributed by atoms with van der Waals surface area (Å²) in [6.45, 7) is -0.184. The molecule has 2 rings (SSSR count). The number of benzene rings is 2. The fourth-order valence-corrected chi connectivity index (χ4v) is 2.71. The Hall–Kier alpha value is -2.30. The van der Waals surface area contributed by atoms with E-state index in [9.17, 15) is 17.2 Å². The molecule has 0 saturated heterocycles. The van der Waals surface area contributed by atoms with E-state index < -0.39 is 21.7 Å². The van der Waals surface area contributed by atoms with Crippen molar-refractivity contribution in [2.45, 2.75) is 11.4 Å². The molecule has 0 fully saturated rings. The summed E-state index contributed by atoms with van der Waals surface area (Å²) < 4.78 is 52.1. The minimum atomic E-state index is -3.83. The van der Waals surface area contributed by atoms with Gasteiger partial charge >= 0.3 is 0 Å². The van der Waals surface area contributed by atoms with E-state index in [0.29, 0.717) is 0 Å². The lowest BCUT2D eigenvalue weighted by atomic mass is 10.2. The van der Waals surface area contributed by atoms with E-state index >= 15 is 0 Å². The quantitative estimate of drug-likeness (QED) is 0.942. The second kappa shape index (κ2) is 5.99. The molecule has 0 aromatic heterocycles. The van der Waals surface area contributed by atoms with Gasteiger partial charge in [0, 0.05) is 6.54 Å². The van der Waals surface area contributed by atoms with E-state index in [1.807, 2.05) is 6.07 Å². The third-order valence-electron chi connectivity index (χ3n) is 2.72. The van der Waals surface area contributed by atoms with Crippen molar-refractivity contribution in [2.24, 2.45) is 0 Å². The maximum Gasteiger partial charge on any atom is 0.240 e. The third kappa shape index (κ3) is 3.62. The average Bonchev–Trinajstić information content (AvgIpc) is 2.48. The molecule has 2 aromatic rings. The number of rotatable bonds is 4. The van der Waals surface area contributed by atoms with Gasteiger partial charge in [0.2, 0.25) is 10.0 Å². The number of halogens is 2. The number of nitrogens with one attached hydrogen (secondary N) is 1. The zero-order chi connectivity index (χ0) is 15.5. The summed E-state index contributed by atoms with van der Waals surface area (Å²) in [6.07, 6.45) is 0. The summed E-state index contributed by atoms with van der Waals surface area (Å²) in [5.74, 6) is -2.04. The van der Waals surface area contributed by atoms with Crippen molar-refractivity contribution in [2.75, 3.05) is 0 Å². The van der Waals surface area contributed by atoms with Crippen LogP contribution in [0.15, 0.2) is 47.4 Å². The molecule has 1 N–H and O–H groups in total. The van der Waals surface area contributed by atoms with Crippen LogP contribution in [0.25, 0.3) is 0 Å². The van der Waals surface area contributed by atoms with Crippen LogP contribution in [-0.4, -0.2) is 8.42 Å². The Labute approximate surface area is 120 Å². The Bertz CT molecular complexity index is 814. The van der Waals surface area contributed by atoms with Gasteiger partial charge in [0.1, 0.15) is 0 Å². The molecule has 0 saturated carbocycles.